The van der Waals surface area contributed by atoms with Crippen molar-refractivity contribution >= 4 is 17.5 Å². The summed E-state index contributed by atoms with van der Waals surface area (Å²) in [5, 5.41) is 9.69. The Morgan fingerprint density at radius 2 is 1.74 bits per heavy atom. The first-order valence-electron chi connectivity index (χ1n) is 7.53. The highest BCUT2D eigenvalue weighted by Gasteiger charge is 2.12. The molecule has 0 saturated heterocycles. The largest absolute Gasteiger partial charge is 0.368 e. The molecule has 0 unspecified atom stereocenters. The summed E-state index contributed by atoms with van der Waals surface area (Å²) in [7, 11) is 0. The van der Waals surface area contributed by atoms with Crippen molar-refractivity contribution in [1.29, 1.82) is 0 Å². The van der Waals surface area contributed by atoms with Crippen molar-refractivity contribution in [3.63, 3.8) is 0 Å². The molecule has 0 aliphatic carbocycles. The maximum atomic E-state index is 13.2. The fraction of sp³-hybridized carbons (Fsp3) is 0.0625. The van der Waals surface area contributed by atoms with Crippen molar-refractivity contribution in [2.75, 3.05) is 5.32 Å². The van der Waals surface area contributed by atoms with Crippen LogP contribution in [0.4, 0.5) is 14.5 Å². The van der Waals surface area contributed by atoms with Gasteiger partial charge < -0.3 is 11.1 Å². The number of carbonyl (C=O) groups excluding carboxylic acids is 2. The molecule has 0 radical (unpaired) electrons. The first-order chi connectivity index (χ1) is 12.8. The number of nitrogens with two attached hydrogens (primary N) is 1. The van der Waals surface area contributed by atoms with Crippen molar-refractivity contribution in [1.82, 2.24) is 19.8 Å². The lowest BCUT2D eigenvalue weighted by atomic mass is 10.2. The van der Waals surface area contributed by atoms with E-state index < -0.39 is 35.7 Å². The first kappa shape index (κ1) is 17.9. The molecule has 11 heteroatoms. The molecule has 0 bridgehead atoms. The highest BCUT2D eigenvalue weighted by Crippen LogP contribution is 2.14. The summed E-state index contributed by atoms with van der Waals surface area (Å²) in [5.41, 5.74) is 4.99. The predicted octanol–water partition coefficient (Wildman–Crippen LogP) is 0.445. The van der Waals surface area contributed by atoms with Crippen LogP contribution in [0.25, 0.3) is 5.69 Å². The zero-order chi connectivity index (χ0) is 19.6. The topological polar surface area (TPSA) is 125 Å². The molecule has 2 amide bonds. The van der Waals surface area contributed by atoms with Crippen LogP contribution < -0.4 is 16.7 Å². The molecule has 27 heavy (non-hydrogen) atoms. The number of tetrazole rings is 1. The number of rotatable bonds is 5. The Bertz CT molecular complexity index is 1070. The average Bonchev–Trinajstić information content (AvgIpc) is 2.98. The molecule has 3 N–H and O–H groups in total. The molecule has 3 rings (SSSR count). The predicted molar refractivity (Wildman–Crippen MR) is 89.1 cm³/mol. The lowest BCUT2D eigenvalue weighted by molar-refractivity contribution is -0.118. The van der Waals surface area contributed by atoms with E-state index in [9.17, 15) is 23.2 Å². The van der Waals surface area contributed by atoms with Crippen LogP contribution in [-0.2, 0) is 11.3 Å². The zero-order valence-corrected chi connectivity index (χ0v) is 13.6. The standard InChI is InChI=1S/C16H12F2N6O3/c17-12-6-1-9(7-13(12)18)15(26)20-10-2-4-11(5-3-10)24-16(27)23(21-22-24)8-14(19)25/h1-7H,8H2,(H2,19,25)(H,20,26). The second-order valence-corrected chi connectivity index (χ2v) is 5.43. The van der Waals surface area contributed by atoms with Crippen LogP contribution in [0.1, 0.15) is 10.4 Å². The van der Waals surface area contributed by atoms with Crippen LogP contribution in [0.15, 0.2) is 47.3 Å². The van der Waals surface area contributed by atoms with Crippen LogP contribution in [0, 0.1) is 11.6 Å². The molecule has 2 aromatic carbocycles. The first-order valence-corrected chi connectivity index (χ1v) is 7.53. The number of nitrogens with zero attached hydrogens (tertiary/aromatic N) is 4. The van der Waals surface area contributed by atoms with Gasteiger partial charge in [-0.15, -0.1) is 0 Å². The second-order valence-electron chi connectivity index (χ2n) is 5.43. The summed E-state index contributed by atoms with van der Waals surface area (Å²) in [6.07, 6.45) is 0. The van der Waals surface area contributed by atoms with Crippen LogP contribution in [0.2, 0.25) is 0 Å². The molecule has 1 aromatic heterocycles. The fourth-order valence-electron chi connectivity index (χ4n) is 2.21. The van der Waals surface area contributed by atoms with E-state index in [1.54, 1.807) is 0 Å². The third-order valence-corrected chi connectivity index (χ3v) is 3.50. The van der Waals surface area contributed by atoms with Gasteiger partial charge in [-0.05, 0) is 52.9 Å². The number of amides is 2. The quantitative estimate of drug-likeness (QED) is 0.671. The Hall–Kier alpha value is -3.89. The normalized spacial score (nSPS) is 10.6. The molecule has 138 valence electrons. The molecular weight excluding hydrogens is 362 g/mol. The van der Waals surface area contributed by atoms with Gasteiger partial charge in [0, 0.05) is 11.3 Å². The number of nitrogens with one attached hydrogen (secondary N) is 1. The van der Waals surface area contributed by atoms with Crippen molar-refractivity contribution in [3.05, 3.63) is 70.1 Å². The number of benzene rings is 2. The van der Waals surface area contributed by atoms with E-state index in [0.717, 1.165) is 27.6 Å². The minimum absolute atomic E-state index is 0.0522. The molecule has 0 aliphatic rings. The summed E-state index contributed by atoms with van der Waals surface area (Å²) in [6, 6.07) is 8.71. The number of primary amides is 1. The number of aromatic nitrogens is 4. The monoisotopic (exact) mass is 374 g/mol. The molecular formula is C16H12F2N6O3. The van der Waals surface area contributed by atoms with Gasteiger partial charge in [-0.3, -0.25) is 9.59 Å². The van der Waals surface area contributed by atoms with Gasteiger partial charge in [0.05, 0.1) is 5.69 Å². The fourth-order valence-corrected chi connectivity index (χ4v) is 2.21. The van der Waals surface area contributed by atoms with Gasteiger partial charge in [-0.2, -0.15) is 9.36 Å². The number of anilines is 1. The molecule has 1 heterocycles. The highest BCUT2D eigenvalue weighted by atomic mass is 19.2. The average molecular weight is 374 g/mol. The minimum Gasteiger partial charge on any atom is -0.368 e. The Labute approximate surface area is 150 Å². The Morgan fingerprint density at radius 1 is 1.04 bits per heavy atom. The van der Waals surface area contributed by atoms with Crippen LogP contribution in [-0.4, -0.2) is 31.6 Å². The summed E-state index contributed by atoms with van der Waals surface area (Å²) < 4.78 is 27.9. The summed E-state index contributed by atoms with van der Waals surface area (Å²) in [5.74, 6) is -3.55. The van der Waals surface area contributed by atoms with E-state index in [1.807, 2.05) is 0 Å². The van der Waals surface area contributed by atoms with Gasteiger partial charge in [0.1, 0.15) is 6.54 Å². The Kier molecular flexibility index (Phi) is 4.75. The smallest absolute Gasteiger partial charge is 0.368 e. The van der Waals surface area contributed by atoms with Gasteiger partial charge in [0.15, 0.2) is 11.6 Å². The molecule has 0 spiro atoms. The number of hydrogen-bond acceptors (Lipinski definition) is 5. The minimum atomic E-state index is -1.13. The Balaban J connectivity index is 1.76. The van der Waals surface area contributed by atoms with Crippen molar-refractivity contribution in [2.45, 2.75) is 6.54 Å². The van der Waals surface area contributed by atoms with Crippen LogP contribution >= 0.6 is 0 Å². The molecule has 3 aromatic rings. The zero-order valence-electron chi connectivity index (χ0n) is 13.6. The highest BCUT2D eigenvalue weighted by molar-refractivity contribution is 6.04. The van der Waals surface area contributed by atoms with Gasteiger partial charge >= 0.3 is 5.69 Å². The SMILES string of the molecule is NC(=O)Cn1nnn(-c2ccc(NC(=O)c3ccc(F)c(F)c3)cc2)c1=O. The van der Waals surface area contributed by atoms with E-state index in [-0.39, 0.29) is 5.56 Å². The van der Waals surface area contributed by atoms with E-state index >= 15 is 0 Å². The molecule has 0 saturated carbocycles. The van der Waals surface area contributed by atoms with E-state index in [4.69, 9.17) is 5.73 Å². The van der Waals surface area contributed by atoms with Gasteiger partial charge in [-0.1, -0.05) is 0 Å². The van der Waals surface area contributed by atoms with E-state index in [1.165, 1.54) is 24.3 Å². The number of hydrogen-bond donors (Lipinski definition) is 2. The van der Waals surface area contributed by atoms with E-state index in [2.05, 4.69) is 15.7 Å². The van der Waals surface area contributed by atoms with Gasteiger partial charge in [0.2, 0.25) is 5.91 Å². The number of carbonyl (C=O) groups is 2. The molecule has 0 atom stereocenters. The van der Waals surface area contributed by atoms with Crippen LogP contribution in [0.3, 0.4) is 0 Å². The molecule has 0 fully saturated rings. The Morgan fingerprint density at radius 3 is 2.37 bits per heavy atom. The van der Waals surface area contributed by atoms with Gasteiger partial charge in [-0.25, -0.2) is 13.6 Å². The molecule has 0 aliphatic heterocycles. The third kappa shape index (κ3) is 3.86. The summed E-state index contributed by atoms with van der Waals surface area (Å²) in [6.45, 7) is -0.402. The third-order valence-electron chi connectivity index (χ3n) is 3.50. The lowest BCUT2D eigenvalue weighted by Gasteiger charge is -2.06. The van der Waals surface area contributed by atoms with E-state index in [0.29, 0.717) is 11.4 Å². The maximum Gasteiger partial charge on any atom is 0.368 e. The van der Waals surface area contributed by atoms with Crippen molar-refractivity contribution in [2.24, 2.45) is 5.73 Å². The van der Waals surface area contributed by atoms with Crippen molar-refractivity contribution < 1.29 is 18.4 Å². The lowest BCUT2D eigenvalue weighted by Crippen LogP contribution is -2.30. The van der Waals surface area contributed by atoms with Crippen LogP contribution in [0.5, 0.6) is 0 Å². The maximum absolute atomic E-state index is 13.2. The summed E-state index contributed by atoms with van der Waals surface area (Å²) >= 11 is 0. The van der Waals surface area contributed by atoms with Gasteiger partial charge in [0.25, 0.3) is 5.91 Å². The second kappa shape index (κ2) is 7.15. The summed E-state index contributed by atoms with van der Waals surface area (Å²) in [4.78, 5) is 35.0. The molecule has 9 nitrogen and oxygen atoms in total. The van der Waals surface area contributed by atoms with Crippen molar-refractivity contribution in [3.8, 4) is 5.69 Å². The number of halogens is 2.